The van der Waals surface area contributed by atoms with Crippen LogP contribution in [0.1, 0.15) is 50.3 Å². The molecule has 1 unspecified atom stereocenters. The number of hydrogen-bond acceptors (Lipinski definition) is 8. The van der Waals surface area contributed by atoms with Crippen molar-refractivity contribution >= 4 is 34.5 Å². The molecule has 0 saturated carbocycles. The molecule has 220 valence electrons. The van der Waals surface area contributed by atoms with E-state index in [0.29, 0.717) is 50.1 Å². The van der Waals surface area contributed by atoms with E-state index in [2.05, 4.69) is 9.97 Å². The molecule has 1 spiro atoms. The van der Waals surface area contributed by atoms with Gasteiger partial charge in [-0.25, -0.2) is 4.21 Å². The monoisotopic (exact) mass is 608 g/mol. The fraction of sp³-hybridized carbons (Fsp3) is 0.444. The number of fused-ring (bicyclic) bond motifs is 1. The zero-order chi connectivity index (χ0) is 29.7. The number of para-hydroxylation sites is 1. The molecule has 0 aliphatic carbocycles. The van der Waals surface area contributed by atoms with Crippen LogP contribution < -0.4 is 26.1 Å². The number of alkyl halides is 3. The maximum Gasteiger partial charge on any atom is 0.434 e. The highest BCUT2D eigenvalue weighted by Crippen LogP contribution is 2.53. The van der Waals surface area contributed by atoms with Gasteiger partial charge in [0.05, 0.1) is 15.7 Å². The van der Waals surface area contributed by atoms with Gasteiger partial charge in [-0.15, -0.1) is 0 Å². The predicted molar refractivity (Wildman–Crippen MR) is 152 cm³/mol. The lowest BCUT2D eigenvalue weighted by atomic mass is 9.74. The Labute approximate surface area is 242 Å². The van der Waals surface area contributed by atoms with Crippen LogP contribution in [-0.4, -0.2) is 42.2 Å². The molecule has 2 aromatic heterocycles. The second-order valence-corrected chi connectivity index (χ2v) is 13.7. The van der Waals surface area contributed by atoms with Crippen LogP contribution in [0.15, 0.2) is 57.2 Å². The van der Waals surface area contributed by atoms with Crippen molar-refractivity contribution in [2.75, 3.05) is 23.7 Å². The maximum atomic E-state index is 13.5. The van der Waals surface area contributed by atoms with Crippen molar-refractivity contribution in [3.8, 4) is 5.75 Å². The highest BCUT2D eigenvalue weighted by molar-refractivity contribution is 7.99. The molecule has 41 heavy (non-hydrogen) atoms. The number of aromatic nitrogens is 3. The molecular formula is C27H31F3N6O3S2. The predicted octanol–water partition coefficient (Wildman–Crippen LogP) is 4.23. The van der Waals surface area contributed by atoms with Crippen molar-refractivity contribution in [3.63, 3.8) is 0 Å². The zero-order valence-electron chi connectivity index (χ0n) is 22.8. The summed E-state index contributed by atoms with van der Waals surface area (Å²) in [4.78, 5) is 22.8. The van der Waals surface area contributed by atoms with Gasteiger partial charge in [0.25, 0.3) is 5.56 Å². The lowest BCUT2D eigenvalue weighted by molar-refractivity contribution is -0.143. The second-order valence-electron chi connectivity index (χ2n) is 10.9. The van der Waals surface area contributed by atoms with Crippen molar-refractivity contribution in [2.45, 2.75) is 65.3 Å². The quantitative estimate of drug-likeness (QED) is 0.425. The van der Waals surface area contributed by atoms with Crippen LogP contribution in [0.25, 0.3) is 0 Å². The molecule has 2 atom stereocenters. The molecule has 1 fully saturated rings. The van der Waals surface area contributed by atoms with Gasteiger partial charge in [0.1, 0.15) is 22.1 Å². The van der Waals surface area contributed by atoms with Gasteiger partial charge in [-0.1, -0.05) is 30.0 Å². The van der Waals surface area contributed by atoms with E-state index in [-0.39, 0.29) is 21.5 Å². The molecule has 0 radical (unpaired) electrons. The number of ether oxygens (including phenoxy) is 1. The van der Waals surface area contributed by atoms with Crippen LogP contribution in [0.4, 0.5) is 24.9 Å². The molecule has 1 aromatic carbocycles. The van der Waals surface area contributed by atoms with Gasteiger partial charge in [0.2, 0.25) is 5.95 Å². The fourth-order valence-corrected chi connectivity index (χ4v) is 6.94. The Morgan fingerprint density at radius 3 is 2.51 bits per heavy atom. The van der Waals surface area contributed by atoms with Crippen molar-refractivity contribution in [1.29, 1.82) is 0 Å². The number of rotatable bonds is 6. The molecule has 14 heteroatoms. The number of nitrogens with zero attached hydrogens (tertiary/aromatic N) is 4. The molecule has 1 saturated heterocycles. The minimum atomic E-state index is -4.69. The van der Waals surface area contributed by atoms with Gasteiger partial charge >= 0.3 is 6.18 Å². The topological polar surface area (TPSA) is 129 Å². The first kappa shape index (κ1) is 29.4. The summed E-state index contributed by atoms with van der Waals surface area (Å²) in [5, 5.41) is 5.83. The highest BCUT2D eigenvalue weighted by Gasteiger charge is 2.52. The molecular weight excluding hydrogens is 577 g/mol. The Balaban J connectivity index is 1.40. The summed E-state index contributed by atoms with van der Waals surface area (Å²) in [5.41, 5.74) is 5.02. The Kier molecular flexibility index (Phi) is 7.62. The Morgan fingerprint density at radius 2 is 1.85 bits per heavy atom. The van der Waals surface area contributed by atoms with E-state index in [1.54, 1.807) is 0 Å². The van der Waals surface area contributed by atoms with E-state index >= 15 is 0 Å². The van der Waals surface area contributed by atoms with Gasteiger partial charge in [-0.05, 0) is 38.5 Å². The SMILES string of the molecule is Cn1c(N2CCC3(CC2)Oc2ccccc2[C@H]3CC(C)(C)S(N)=O)nc(N)c(Sc2cccnc2C(F)(F)F)c1=O. The zero-order valence-corrected chi connectivity index (χ0v) is 24.4. The Bertz CT molecular complexity index is 1550. The largest absolute Gasteiger partial charge is 0.486 e. The van der Waals surface area contributed by atoms with Crippen LogP contribution in [-0.2, 0) is 24.2 Å². The number of halogens is 3. The van der Waals surface area contributed by atoms with Gasteiger partial charge in [-0.3, -0.25) is 19.5 Å². The number of piperidine rings is 1. The third kappa shape index (κ3) is 5.44. The van der Waals surface area contributed by atoms with Crippen LogP contribution >= 0.6 is 11.8 Å². The number of anilines is 2. The minimum absolute atomic E-state index is 0.0358. The number of nitrogen functional groups attached to an aromatic ring is 1. The van der Waals surface area contributed by atoms with E-state index in [1.807, 2.05) is 43.0 Å². The Morgan fingerprint density at radius 1 is 1.17 bits per heavy atom. The van der Waals surface area contributed by atoms with Gasteiger partial charge in [0.15, 0.2) is 5.69 Å². The summed E-state index contributed by atoms with van der Waals surface area (Å²) in [6.45, 7) is 4.75. The first-order valence-electron chi connectivity index (χ1n) is 13.0. The third-order valence-electron chi connectivity index (χ3n) is 7.88. The van der Waals surface area contributed by atoms with Crippen molar-refractivity contribution in [2.24, 2.45) is 12.2 Å². The number of nitrogens with two attached hydrogens (primary N) is 2. The molecule has 9 nitrogen and oxygen atoms in total. The molecule has 2 aliphatic heterocycles. The number of hydrogen-bond donors (Lipinski definition) is 2. The average molecular weight is 609 g/mol. The second kappa shape index (κ2) is 10.6. The number of benzene rings is 1. The molecule has 0 bridgehead atoms. The Hall–Kier alpha value is -3.10. The lowest BCUT2D eigenvalue weighted by Gasteiger charge is -2.44. The van der Waals surface area contributed by atoms with E-state index in [9.17, 15) is 22.2 Å². The van der Waals surface area contributed by atoms with Crippen LogP contribution in [0.2, 0.25) is 0 Å². The van der Waals surface area contributed by atoms with Crippen LogP contribution in [0.3, 0.4) is 0 Å². The third-order valence-corrected chi connectivity index (χ3v) is 10.3. The standard InChI is InChI=1S/C27H31F3N6O3S2/c1-25(2,41(32)38)15-17-16-7-4-5-8-18(16)39-26(17)10-13-36(14-11-26)24-34-22(31)20(23(37)35(24)3)40-19-9-6-12-33-21(19)27(28,29)30/h4-9,12,17H,10-11,13-15,31-32H2,1-3H3/t17-,41?/m1/s1. The van der Waals surface area contributed by atoms with Crippen molar-refractivity contribution < 1.29 is 22.1 Å². The summed E-state index contributed by atoms with van der Waals surface area (Å²) in [6, 6.07) is 10.5. The van der Waals surface area contributed by atoms with Crippen LogP contribution in [0.5, 0.6) is 5.75 Å². The molecule has 5 rings (SSSR count). The van der Waals surface area contributed by atoms with E-state index in [1.165, 1.54) is 23.7 Å². The summed E-state index contributed by atoms with van der Waals surface area (Å²) in [7, 11) is -0.0109. The van der Waals surface area contributed by atoms with E-state index < -0.39 is 38.8 Å². The molecule has 0 amide bonds. The first-order valence-corrected chi connectivity index (χ1v) is 15.0. The number of pyridine rings is 1. The highest BCUT2D eigenvalue weighted by atomic mass is 32.2. The average Bonchev–Trinajstić information content (AvgIpc) is 3.20. The minimum Gasteiger partial charge on any atom is -0.486 e. The van der Waals surface area contributed by atoms with Crippen molar-refractivity contribution in [3.05, 3.63) is 64.2 Å². The van der Waals surface area contributed by atoms with Gasteiger partial charge < -0.3 is 15.4 Å². The smallest absolute Gasteiger partial charge is 0.434 e. The summed E-state index contributed by atoms with van der Waals surface area (Å²) in [5.74, 6) is 0.935. The van der Waals surface area contributed by atoms with E-state index in [0.717, 1.165) is 17.5 Å². The first-order chi connectivity index (χ1) is 19.2. The molecule has 3 aromatic rings. The van der Waals surface area contributed by atoms with Crippen molar-refractivity contribution in [1.82, 2.24) is 14.5 Å². The lowest BCUT2D eigenvalue weighted by Crippen LogP contribution is -2.52. The molecule has 2 aliphatic rings. The molecule has 4 heterocycles. The fourth-order valence-electron chi connectivity index (χ4n) is 5.60. The maximum absolute atomic E-state index is 13.5. The summed E-state index contributed by atoms with van der Waals surface area (Å²) < 4.78 is 60.0. The normalized spacial score (nSPS) is 19.2. The molecule has 4 N–H and O–H groups in total. The van der Waals surface area contributed by atoms with Crippen LogP contribution in [0, 0.1) is 0 Å². The van der Waals surface area contributed by atoms with E-state index in [4.69, 9.17) is 15.6 Å². The van der Waals surface area contributed by atoms with Gasteiger partial charge in [0, 0.05) is 55.6 Å². The summed E-state index contributed by atoms with van der Waals surface area (Å²) in [6.07, 6.45) is -1.88. The summed E-state index contributed by atoms with van der Waals surface area (Å²) >= 11 is 0.603. The van der Waals surface area contributed by atoms with Gasteiger partial charge in [-0.2, -0.15) is 18.2 Å².